The van der Waals surface area contributed by atoms with Crippen molar-refractivity contribution in [1.29, 1.82) is 0 Å². The van der Waals surface area contributed by atoms with E-state index in [9.17, 15) is 9.59 Å². The smallest absolute Gasteiger partial charge is 0.265 e. The van der Waals surface area contributed by atoms with Crippen LogP contribution in [-0.4, -0.2) is 16.8 Å². The van der Waals surface area contributed by atoms with Crippen LogP contribution < -0.4 is 15.4 Å². The Morgan fingerprint density at radius 1 is 0.871 bits per heavy atom. The Morgan fingerprint density at radius 2 is 1.68 bits per heavy atom. The number of benzene rings is 2. The molecule has 0 fully saturated rings. The summed E-state index contributed by atoms with van der Waals surface area (Å²) in [5.74, 6) is 0.154. The molecule has 4 rings (SSSR count). The first-order valence-electron chi connectivity index (χ1n) is 9.55. The first-order chi connectivity index (χ1) is 15.2. The average molecular weight is 430 g/mol. The zero-order valence-electron chi connectivity index (χ0n) is 16.4. The molecule has 4 aromatic rings. The van der Waals surface area contributed by atoms with Gasteiger partial charge < -0.3 is 15.4 Å². The number of amides is 2. The molecule has 0 aliphatic heterocycles. The monoisotopic (exact) mass is 429 g/mol. The van der Waals surface area contributed by atoms with Gasteiger partial charge in [0.2, 0.25) is 0 Å². The third kappa shape index (κ3) is 5.55. The van der Waals surface area contributed by atoms with Crippen molar-refractivity contribution in [2.75, 3.05) is 10.6 Å². The van der Waals surface area contributed by atoms with E-state index in [1.807, 2.05) is 35.7 Å². The Morgan fingerprint density at radius 3 is 2.45 bits per heavy atom. The zero-order valence-corrected chi connectivity index (χ0v) is 17.3. The largest absolute Gasteiger partial charge is 0.489 e. The van der Waals surface area contributed by atoms with E-state index < -0.39 is 0 Å². The van der Waals surface area contributed by atoms with Crippen molar-refractivity contribution >= 4 is 34.5 Å². The minimum atomic E-state index is -0.281. The van der Waals surface area contributed by atoms with Crippen LogP contribution in [0, 0.1) is 0 Å². The van der Waals surface area contributed by atoms with Crippen LogP contribution in [0.4, 0.5) is 11.4 Å². The van der Waals surface area contributed by atoms with Gasteiger partial charge in [-0.3, -0.25) is 14.6 Å². The molecule has 0 aliphatic carbocycles. The Bertz CT molecular complexity index is 1180. The van der Waals surface area contributed by atoms with Crippen molar-refractivity contribution in [3.05, 3.63) is 107 Å². The zero-order chi connectivity index (χ0) is 21.5. The Kier molecular flexibility index (Phi) is 6.35. The van der Waals surface area contributed by atoms with E-state index in [-0.39, 0.29) is 11.8 Å². The van der Waals surface area contributed by atoms with Crippen LogP contribution in [0.3, 0.4) is 0 Å². The second-order valence-electron chi connectivity index (χ2n) is 6.64. The lowest BCUT2D eigenvalue weighted by Gasteiger charge is -2.10. The molecule has 0 aliphatic rings. The number of thiophene rings is 1. The van der Waals surface area contributed by atoms with Crippen molar-refractivity contribution in [1.82, 2.24) is 4.98 Å². The van der Waals surface area contributed by atoms with Crippen LogP contribution >= 0.6 is 11.3 Å². The molecular weight excluding hydrogens is 410 g/mol. The van der Waals surface area contributed by atoms with Gasteiger partial charge in [-0.25, -0.2) is 0 Å². The maximum atomic E-state index is 12.7. The van der Waals surface area contributed by atoms with Gasteiger partial charge in [0, 0.05) is 41.0 Å². The van der Waals surface area contributed by atoms with E-state index in [1.54, 1.807) is 54.9 Å². The third-order valence-corrected chi connectivity index (χ3v) is 5.22. The Labute approximate surface area is 183 Å². The summed E-state index contributed by atoms with van der Waals surface area (Å²) in [6.45, 7) is 0.386. The normalized spacial score (nSPS) is 10.3. The van der Waals surface area contributed by atoms with Gasteiger partial charge in [0.15, 0.2) is 0 Å². The molecule has 2 aromatic carbocycles. The van der Waals surface area contributed by atoms with Crippen molar-refractivity contribution in [3.8, 4) is 5.75 Å². The van der Waals surface area contributed by atoms with Gasteiger partial charge >= 0.3 is 0 Å². The summed E-state index contributed by atoms with van der Waals surface area (Å²) >= 11 is 1.36. The highest BCUT2D eigenvalue weighted by molar-refractivity contribution is 7.12. The highest BCUT2D eigenvalue weighted by Crippen LogP contribution is 2.20. The van der Waals surface area contributed by atoms with Gasteiger partial charge in [-0.1, -0.05) is 24.3 Å². The molecule has 2 N–H and O–H groups in total. The van der Waals surface area contributed by atoms with Crippen LogP contribution in [0.1, 0.15) is 25.6 Å². The maximum Gasteiger partial charge on any atom is 0.265 e. The number of nitrogens with zero attached hydrogens (tertiary/aromatic N) is 1. The van der Waals surface area contributed by atoms with Crippen molar-refractivity contribution in [2.45, 2.75) is 6.61 Å². The lowest BCUT2D eigenvalue weighted by Crippen LogP contribution is -2.14. The summed E-state index contributed by atoms with van der Waals surface area (Å²) < 4.78 is 5.78. The van der Waals surface area contributed by atoms with E-state index >= 15 is 0 Å². The number of hydrogen-bond donors (Lipinski definition) is 2. The Balaban J connectivity index is 1.39. The molecule has 0 radical (unpaired) electrons. The molecule has 6 nitrogen and oxygen atoms in total. The van der Waals surface area contributed by atoms with Gasteiger partial charge in [0.05, 0.1) is 4.88 Å². The van der Waals surface area contributed by atoms with Crippen LogP contribution in [0.5, 0.6) is 5.75 Å². The molecule has 31 heavy (non-hydrogen) atoms. The fourth-order valence-electron chi connectivity index (χ4n) is 2.86. The number of hydrogen-bond acceptors (Lipinski definition) is 5. The number of aromatic nitrogens is 1. The number of rotatable bonds is 7. The standard InChI is InChI=1S/C24H19N3O3S/c28-23(18-6-1-7-19(13-18)27-24(29)22-10-4-12-31-22)26-20-8-2-9-21(14-20)30-16-17-5-3-11-25-15-17/h1-15H,16H2,(H,26,28)(H,27,29). The quantitative estimate of drug-likeness (QED) is 0.422. The maximum absolute atomic E-state index is 12.7. The fraction of sp³-hybridized carbons (Fsp3) is 0.0417. The summed E-state index contributed by atoms with van der Waals surface area (Å²) in [6, 6.07) is 21.4. The topological polar surface area (TPSA) is 80.3 Å². The molecule has 0 unspecified atom stereocenters. The molecule has 0 atom stereocenters. The van der Waals surface area contributed by atoms with Gasteiger partial charge in [-0.05, 0) is 47.8 Å². The average Bonchev–Trinajstić information content (AvgIpc) is 3.34. The van der Waals surface area contributed by atoms with Crippen molar-refractivity contribution in [2.24, 2.45) is 0 Å². The van der Waals surface area contributed by atoms with Gasteiger partial charge in [-0.2, -0.15) is 0 Å². The number of ether oxygens (including phenoxy) is 1. The number of anilines is 2. The van der Waals surface area contributed by atoms with E-state index in [4.69, 9.17) is 4.74 Å². The fourth-order valence-corrected chi connectivity index (χ4v) is 3.47. The molecular formula is C24H19N3O3S. The van der Waals surface area contributed by atoms with E-state index in [0.29, 0.717) is 34.2 Å². The molecule has 0 bridgehead atoms. The van der Waals surface area contributed by atoms with E-state index in [0.717, 1.165) is 5.56 Å². The van der Waals surface area contributed by atoms with Crippen molar-refractivity contribution < 1.29 is 14.3 Å². The molecule has 2 aromatic heterocycles. The Hall–Kier alpha value is -3.97. The second-order valence-corrected chi connectivity index (χ2v) is 7.59. The van der Waals surface area contributed by atoms with Gasteiger partial charge in [-0.15, -0.1) is 11.3 Å². The molecule has 2 amide bonds. The lowest BCUT2D eigenvalue weighted by molar-refractivity contribution is 0.101. The molecule has 0 spiro atoms. The molecule has 0 saturated heterocycles. The number of carbonyl (C=O) groups excluding carboxylic acids is 2. The first kappa shape index (κ1) is 20.3. The van der Waals surface area contributed by atoms with Crippen LogP contribution in [-0.2, 0) is 6.61 Å². The van der Waals surface area contributed by atoms with Crippen LogP contribution in [0.25, 0.3) is 0 Å². The molecule has 0 saturated carbocycles. The minimum absolute atomic E-state index is 0.203. The lowest BCUT2D eigenvalue weighted by atomic mass is 10.1. The highest BCUT2D eigenvalue weighted by atomic mass is 32.1. The van der Waals surface area contributed by atoms with Crippen LogP contribution in [0.15, 0.2) is 90.6 Å². The third-order valence-electron chi connectivity index (χ3n) is 4.35. The first-order valence-corrected chi connectivity index (χ1v) is 10.4. The summed E-state index contributed by atoms with van der Waals surface area (Å²) in [7, 11) is 0. The summed E-state index contributed by atoms with van der Waals surface area (Å²) in [4.78, 5) is 29.6. The summed E-state index contributed by atoms with van der Waals surface area (Å²) in [6.07, 6.45) is 3.46. The predicted molar refractivity (Wildman–Crippen MR) is 122 cm³/mol. The van der Waals surface area contributed by atoms with Crippen LogP contribution in [0.2, 0.25) is 0 Å². The number of carbonyl (C=O) groups is 2. The van der Waals surface area contributed by atoms with E-state index in [1.165, 1.54) is 11.3 Å². The van der Waals surface area contributed by atoms with Gasteiger partial charge in [0.1, 0.15) is 12.4 Å². The second kappa shape index (κ2) is 9.69. The van der Waals surface area contributed by atoms with Crippen molar-refractivity contribution in [3.63, 3.8) is 0 Å². The number of nitrogens with one attached hydrogen (secondary N) is 2. The summed E-state index contributed by atoms with van der Waals surface area (Å²) in [5.41, 5.74) is 2.56. The highest BCUT2D eigenvalue weighted by Gasteiger charge is 2.11. The molecule has 154 valence electrons. The molecule has 7 heteroatoms. The minimum Gasteiger partial charge on any atom is -0.489 e. The molecule has 2 heterocycles. The van der Waals surface area contributed by atoms with Gasteiger partial charge in [0.25, 0.3) is 11.8 Å². The SMILES string of the molecule is O=C(Nc1cccc(OCc2cccnc2)c1)c1cccc(NC(=O)c2cccs2)c1. The van der Waals surface area contributed by atoms with E-state index in [2.05, 4.69) is 15.6 Å². The summed E-state index contributed by atoms with van der Waals surface area (Å²) in [5, 5.41) is 7.51. The predicted octanol–water partition coefficient (Wildman–Crippen LogP) is 5.23. The number of pyridine rings is 1.